The fourth-order valence-corrected chi connectivity index (χ4v) is 3.19. The Balaban J connectivity index is 2.46. The van der Waals surface area contributed by atoms with Crippen molar-refractivity contribution < 1.29 is 31.9 Å². The second-order valence-electron chi connectivity index (χ2n) is 5.11. The van der Waals surface area contributed by atoms with Crippen LogP contribution in [0.4, 0.5) is 4.39 Å². The Morgan fingerprint density at radius 3 is 2.81 bits per heavy atom. The zero-order valence-electron chi connectivity index (χ0n) is 13.3. The van der Waals surface area contributed by atoms with E-state index in [9.17, 15) is 22.7 Å². The van der Waals surface area contributed by atoms with E-state index in [1.165, 1.54) is 6.07 Å². The van der Waals surface area contributed by atoms with Crippen LogP contribution in [0.25, 0.3) is 11.3 Å². The van der Waals surface area contributed by atoms with Crippen LogP contribution in [-0.2, 0) is 15.7 Å². The van der Waals surface area contributed by atoms with Gasteiger partial charge < -0.3 is 14.3 Å². The summed E-state index contributed by atoms with van der Waals surface area (Å²) in [4.78, 5) is 10.7. The molecule has 0 fully saturated rings. The number of halogens is 3. The third-order valence-corrected chi connectivity index (χ3v) is 4.89. The molecule has 0 aliphatic carbocycles. The maximum Gasteiger partial charge on any atom is 0.308 e. The predicted molar refractivity (Wildman–Crippen MR) is 96.7 cm³/mol. The summed E-state index contributed by atoms with van der Waals surface area (Å²) >= 11 is 9.32. The number of alkyl halides is 1. The molecule has 0 amide bonds. The van der Waals surface area contributed by atoms with Gasteiger partial charge in [-0.25, -0.2) is 17.5 Å². The van der Waals surface area contributed by atoms with Crippen LogP contribution in [0.2, 0.25) is 5.02 Å². The van der Waals surface area contributed by atoms with E-state index >= 15 is 0 Å². The van der Waals surface area contributed by atoms with Gasteiger partial charge in [-0.05, 0) is 24.6 Å². The van der Waals surface area contributed by atoms with E-state index in [0.29, 0.717) is 0 Å². The van der Waals surface area contributed by atoms with Gasteiger partial charge in [0.1, 0.15) is 5.82 Å². The Labute approximate surface area is 163 Å². The van der Waals surface area contributed by atoms with Crippen LogP contribution in [-0.4, -0.2) is 26.0 Å². The summed E-state index contributed by atoms with van der Waals surface area (Å²) in [6, 6.07) is 3.50. The van der Waals surface area contributed by atoms with Crippen molar-refractivity contribution in [3.05, 3.63) is 34.8 Å². The lowest BCUT2D eigenvalue weighted by molar-refractivity contribution is -0.132. The van der Waals surface area contributed by atoms with Gasteiger partial charge in [-0.1, -0.05) is 27.5 Å². The summed E-state index contributed by atoms with van der Waals surface area (Å²) in [5.74, 6) is -2.21. The second-order valence-corrected chi connectivity index (χ2v) is 7.46. The zero-order chi connectivity index (χ0) is 19.4. The van der Waals surface area contributed by atoms with E-state index in [1.54, 1.807) is 0 Å². The average Bonchev–Trinajstić information content (AvgIpc) is 2.86. The highest BCUT2D eigenvalue weighted by Gasteiger charge is 2.29. The lowest BCUT2D eigenvalue weighted by atomic mass is 10.1. The summed E-state index contributed by atoms with van der Waals surface area (Å²) in [5, 5.41) is 10.5. The molecule has 0 saturated heterocycles. The summed E-state index contributed by atoms with van der Waals surface area (Å²) in [7, 11) is -2.76. The van der Waals surface area contributed by atoms with Gasteiger partial charge in [0, 0.05) is 19.0 Å². The summed E-state index contributed by atoms with van der Waals surface area (Å²) in [5.41, 5.74) is 0.0734. The Morgan fingerprint density at radius 1 is 1.50 bits per heavy atom. The number of rotatable bonds is 7. The maximum atomic E-state index is 13.5. The van der Waals surface area contributed by atoms with Crippen molar-refractivity contribution in [2.24, 2.45) is 0 Å². The molecule has 0 saturated carbocycles. The van der Waals surface area contributed by atoms with Crippen molar-refractivity contribution in [3.63, 3.8) is 0 Å². The van der Waals surface area contributed by atoms with E-state index in [4.69, 9.17) is 20.8 Å². The van der Waals surface area contributed by atoms with Gasteiger partial charge in [0.25, 0.3) is 0 Å². The first-order valence-corrected chi connectivity index (χ1v) is 9.69. The maximum absolute atomic E-state index is 13.5. The van der Waals surface area contributed by atoms with Crippen LogP contribution in [0.15, 0.2) is 22.6 Å². The van der Waals surface area contributed by atoms with E-state index in [0.717, 1.165) is 19.1 Å². The molecule has 142 valence electrons. The molecule has 2 N–H and O–H groups in total. The third-order valence-electron chi connectivity index (χ3n) is 3.21. The number of furan rings is 1. The van der Waals surface area contributed by atoms with Crippen molar-refractivity contribution >= 4 is 44.4 Å². The van der Waals surface area contributed by atoms with E-state index in [-0.39, 0.29) is 40.8 Å². The molecule has 0 aliphatic rings. The monoisotopic (exact) mass is 469 g/mol. The summed E-state index contributed by atoms with van der Waals surface area (Å²) < 4.78 is 47.5. The van der Waals surface area contributed by atoms with Gasteiger partial charge >= 0.3 is 5.97 Å². The van der Waals surface area contributed by atoms with Crippen molar-refractivity contribution in [3.8, 4) is 22.8 Å². The number of aromatic hydroxyl groups is 1. The van der Waals surface area contributed by atoms with Gasteiger partial charge in [-0.3, -0.25) is 4.79 Å². The van der Waals surface area contributed by atoms with Crippen molar-refractivity contribution in [1.82, 2.24) is 4.72 Å². The largest absolute Gasteiger partial charge is 0.502 e. The minimum Gasteiger partial charge on any atom is -0.502 e. The predicted octanol–water partition coefficient (Wildman–Crippen LogP) is 3.31. The number of nitrogens with one attached hydrogen (secondary N) is 1. The first kappa shape index (κ1) is 20.7. The molecule has 1 aromatic carbocycles. The Bertz CT molecular complexity index is 893. The van der Waals surface area contributed by atoms with E-state index < -0.39 is 33.3 Å². The zero-order valence-corrected chi connectivity index (χ0v) is 16.5. The first-order chi connectivity index (χ1) is 12.2. The van der Waals surface area contributed by atoms with Crippen LogP contribution in [0, 0.1) is 5.82 Å². The molecule has 1 atom stereocenters. The van der Waals surface area contributed by atoms with Gasteiger partial charge in [0.2, 0.25) is 22.4 Å². The number of carbonyl (C=O) groups excluding carboxylic acids is 1. The molecule has 0 spiro atoms. The lowest BCUT2D eigenvalue weighted by Crippen LogP contribution is -2.14. The molecule has 0 aliphatic heterocycles. The number of hydrogen-bond donors (Lipinski definition) is 3. The Hall–Kier alpha value is -1.62. The van der Waals surface area contributed by atoms with Crippen molar-refractivity contribution in [2.75, 3.05) is 6.54 Å². The summed E-state index contributed by atoms with van der Waals surface area (Å²) in [6.45, 7) is 1.21. The van der Waals surface area contributed by atoms with E-state index in [1.807, 2.05) is 0 Å². The topological polar surface area (TPSA) is 106 Å². The van der Waals surface area contributed by atoms with Gasteiger partial charge in [0.05, 0.1) is 9.85 Å². The highest BCUT2D eigenvalue weighted by molar-refractivity contribution is 9.09. The van der Waals surface area contributed by atoms with Crippen LogP contribution >= 0.6 is 27.5 Å². The van der Waals surface area contributed by atoms with E-state index in [2.05, 4.69) is 20.7 Å². The van der Waals surface area contributed by atoms with Crippen molar-refractivity contribution in [1.29, 1.82) is 0 Å². The molecule has 2 rings (SSSR count). The molecule has 2 aromatic rings. The third kappa shape index (κ3) is 4.97. The Morgan fingerprint density at radius 2 is 2.19 bits per heavy atom. The number of ether oxygens (including phenoxy) is 1. The fourth-order valence-electron chi connectivity index (χ4n) is 2.14. The molecular formula is C15H14BrClFNO6S. The standard InChI is InChI=1S/C15H14BrClFNO6S/c1-7(20)24-15-12(21)13(9-6-8(18)2-3-11(9)17)25-14(15)10(16)4-5-19-26(22)23/h2-3,6,10,21,26H,4-5H2,1H3,(H,19,22,23). The molecule has 26 heavy (non-hydrogen) atoms. The molecule has 0 bridgehead atoms. The molecular weight excluding hydrogens is 457 g/mol. The van der Waals surface area contributed by atoms with Crippen molar-refractivity contribution in [2.45, 2.75) is 18.2 Å². The van der Waals surface area contributed by atoms with Crippen LogP contribution in [0.5, 0.6) is 11.5 Å². The number of hydrogen-bond acceptors (Lipinski definition) is 6. The molecule has 1 aromatic heterocycles. The fraction of sp³-hybridized carbons (Fsp3) is 0.267. The average molecular weight is 471 g/mol. The summed E-state index contributed by atoms with van der Waals surface area (Å²) in [6.07, 6.45) is 0.223. The number of esters is 1. The highest BCUT2D eigenvalue weighted by atomic mass is 79.9. The minimum absolute atomic E-state index is 0.0379. The highest BCUT2D eigenvalue weighted by Crippen LogP contribution is 2.49. The van der Waals surface area contributed by atoms with Crippen LogP contribution in [0.3, 0.4) is 0 Å². The second kappa shape index (κ2) is 8.85. The SMILES string of the molecule is CC(=O)Oc1c(C(Br)CCN[SH](=O)=O)oc(-c2cc(F)ccc2Cl)c1O. The molecule has 7 nitrogen and oxygen atoms in total. The molecule has 11 heteroatoms. The van der Waals surface area contributed by atoms with Gasteiger partial charge in [-0.15, -0.1) is 0 Å². The van der Waals surface area contributed by atoms with Crippen LogP contribution in [0.1, 0.15) is 23.9 Å². The molecule has 0 radical (unpaired) electrons. The number of benzene rings is 1. The number of thiol groups is 1. The molecule has 1 unspecified atom stereocenters. The smallest absolute Gasteiger partial charge is 0.308 e. The van der Waals surface area contributed by atoms with Crippen LogP contribution < -0.4 is 9.46 Å². The number of carbonyl (C=O) groups is 1. The van der Waals surface area contributed by atoms with Gasteiger partial charge in [0.15, 0.2) is 11.5 Å². The van der Waals surface area contributed by atoms with Gasteiger partial charge in [-0.2, -0.15) is 0 Å². The lowest BCUT2D eigenvalue weighted by Gasteiger charge is -2.08. The first-order valence-electron chi connectivity index (χ1n) is 7.22. The normalized spacial score (nSPS) is 12.3. The quantitative estimate of drug-likeness (QED) is 0.326. The Kier molecular flexibility index (Phi) is 7.04. The minimum atomic E-state index is -2.76. The molecule has 1 heterocycles.